The highest BCUT2D eigenvalue weighted by Crippen LogP contribution is 2.72. The number of hydrogen-bond donors (Lipinski definition) is 0. The quantitative estimate of drug-likeness (QED) is 0.116. The first kappa shape index (κ1) is 26.6. The fraction of sp³-hybridized carbons (Fsp3) is 0.857. The molecule has 0 N–H and O–H groups in total. The van der Waals surface area contributed by atoms with Crippen LogP contribution in [0.2, 0.25) is 0 Å². The summed E-state index contributed by atoms with van der Waals surface area (Å²) >= 11 is 0. The van der Waals surface area contributed by atoms with Crippen LogP contribution in [0, 0.1) is 16.7 Å². The number of ether oxygens (including phenoxy) is 5. The second-order valence-corrected chi connectivity index (χ2v) is 11.2. The molecule has 7 nitrogen and oxygen atoms in total. The van der Waals surface area contributed by atoms with Gasteiger partial charge in [-0.3, -0.25) is 4.79 Å². The van der Waals surface area contributed by atoms with Gasteiger partial charge >= 0.3 is 11.9 Å². The molecule has 0 spiro atoms. The molecule has 0 radical (unpaired) electrons. The Morgan fingerprint density at radius 2 is 1.60 bits per heavy atom. The van der Waals surface area contributed by atoms with Gasteiger partial charge in [0, 0.05) is 25.2 Å². The molecule has 0 aromatic carbocycles. The molecule has 0 aromatic rings. The van der Waals surface area contributed by atoms with Crippen molar-refractivity contribution in [1.29, 1.82) is 0 Å². The molecule has 2 aliphatic heterocycles. The van der Waals surface area contributed by atoms with Crippen LogP contribution in [0.1, 0.15) is 92.4 Å². The van der Waals surface area contributed by atoms with Crippen LogP contribution >= 0.6 is 0 Å². The van der Waals surface area contributed by atoms with E-state index in [2.05, 4.69) is 27.7 Å². The first-order chi connectivity index (χ1) is 16.8. The lowest BCUT2D eigenvalue weighted by atomic mass is 9.48. The Kier molecular flexibility index (Phi) is 7.99. The van der Waals surface area contributed by atoms with Crippen LogP contribution in [-0.4, -0.2) is 55.9 Å². The van der Waals surface area contributed by atoms with Crippen molar-refractivity contribution in [1.82, 2.24) is 0 Å². The molecule has 4 aliphatic rings. The number of carbonyl (C=O) groups excluding carboxylic acids is 2. The Hall–Kier alpha value is -1.44. The third kappa shape index (κ3) is 4.46. The molecule has 2 saturated carbocycles. The van der Waals surface area contributed by atoms with E-state index in [1.54, 1.807) is 6.08 Å². The zero-order chi connectivity index (χ0) is 25.3. The number of rotatable bonds is 13. The van der Waals surface area contributed by atoms with Crippen molar-refractivity contribution in [3.63, 3.8) is 0 Å². The number of unbranched alkanes of at least 4 members (excludes halogenated alkanes) is 3. The van der Waals surface area contributed by atoms with Gasteiger partial charge in [0.05, 0.1) is 12.0 Å². The predicted octanol–water partition coefficient (Wildman–Crippen LogP) is 5.10. The van der Waals surface area contributed by atoms with Gasteiger partial charge in [0.1, 0.15) is 12.2 Å². The fourth-order valence-electron chi connectivity index (χ4n) is 6.84. The number of carbonyl (C=O) groups is 2. The topological polar surface area (TPSA) is 83.6 Å². The molecule has 4 fully saturated rings. The highest BCUT2D eigenvalue weighted by molar-refractivity contribution is 5.85. The van der Waals surface area contributed by atoms with E-state index >= 15 is 0 Å². The van der Waals surface area contributed by atoms with Crippen molar-refractivity contribution >= 4 is 11.9 Å². The van der Waals surface area contributed by atoms with Crippen LogP contribution in [0.3, 0.4) is 0 Å². The largest absolute Gasteiger partial charge is 0.463 e. The number of epoxide rings is 1. The summed E-state index contributed by atoms with van der Waals surface area (Å²) in [6, 6.07) is 0. The van der Waals surface area contributed by atoms with Crippen molar-refractivity contribution in [2.75, 3.05) is 19.8 Å². The van der Waals surface area contributed by atoms with Crippen LogP contribution in [0.25, 0.3) is 0 Å². The molecule has 6 atom stereocenters. The zero-order valence-corrected chi connectivity index (χ0v) is 22.2. The summed E-state index contributed by atoms with van der Waals surface area (Å²) < 4.78 is 30.8. The van der Waals surface area contributed by atoms with Gasteiger partial charge in [-0.05, 0) is 50.0 Å². The fourth-order valence-corrected chi connectivity index (χ4v) is 6.84. The van der Waals surface area contributed by atoms with E-state index in [-0.39, 0.29) is 30.1 Å². The molecule has 2 aliphatic carbocycles. The minimum atomic E-state index is -0.940. The summed E-state index contributed by atoms with van der Waals surface area (Å²) in [5.74, 6) is -0.566. The van der Waals surface area contributed by atoms with E-state index in [4.69, 9.17) is 23.7 Å². The van der Waals surface area contributed by atoms with E-state index < -0.39 is 22.7 Å². The highest BCUT2D eigenvalue weighted by Gasteiger charge is 2.82. The molecule has 2 heterocycles. The van der Waals surface area contributed by atoms with Crippen LogP contribution in [0.15, 0.2) is 11.6 Å². The molecule has 0 aromatic heterocycles. The first-order valence-electron chi connectivity index (χ1n) is 13.8. The first-order valence-corrected chi connectivity index (χ1v) is 13.8. The minimum absolute atomic E-state index is 0.0569. The molecule has 7 heteroatoms. The highest BCUT2D eigenvalue weighted by atomic mass is 16.7. The molecular formula is C28H44O7. The minimum Gasteiger partial charge on any atom is -0.463 e. The molecule has 35 heavy (non-hydrogen) atoms. The summed E-state index contributed by atoms with van der Waals surface area (Å²) in [7, 11) is 0. The van der Waals surface area contributed by atoms with Gasteiger partial charge in [0.15, 0.2) is 11.9 Å². The maximum atomic E-state index is 13.1. The lowest BCUT2D eigenvalue weighted by molar-refractivity contribution is -0.180. The summed E-state index contributed by atoms with van der Waals surface area (Å²) in [6.07, 6.45) is 8.35. The molecule has 198 valence electrons. The summed E-state index contributed by atoms with van der Waals surface area (Å²) in [6.45, 7) is 12.0. The van der Waals surface area contributed by atoms with E-state index in [1.165, 1.54) is 0 Å². The van der Waals surface area contributed by atoms with Gasteiger partial charge < -0.3 is 23.7 Å². The maximum absolute atomic E-state index is 13.1. The number of fused-ring (bicyclic) bond motifs is 2. The Morgan fingerprint density at radius 1 is 1.00 bits per heavy atom. The molecule has 4 rings (SSSR count). The van der Waals surface area contributed by atoms with Crippen LogP contribution < -0.4 is 0 Å². The van der Waals surface area contributed by atoms with Crippen molar-refractivity contribution < 1.29 is 33.3 Å². The maximum Gasteiger partial charge on any atom is 0.330 e. The Labute approximate surface area is 210 Å². The lowest BCUT2D eigenvalue weighted by Gasteiger charge is -2.53. The standard InChI is InChI=1S/C28H44O7/c1-6-9-15-31-20(29)18-19-26(4)13-12-14-27(5)22(26)21(34-24(27)30)23-28(19,35-23)25(32-16-10-7-2)33-17-11-8-3/h18,21-23,25H,6-17H2,1-5H3/t21-,22+,23+,26+,27-,28-/m0/s1. The zero-order valence-electron chi connectivity index (χ0n) is 22.2. The van der Waals surface area contributed by atoms with Gasteiger partial charge in [0.25, 0.3) is 0 Å². The Bertz CT molecular complexity index is 814. The molecule has 2 saturated heterocycles. The lowest BCUT2D eigenvalue weighted by Crippen LogP contribution is -2.58. The average molecular weight is 493 g/mol. The predicted molar refractivity (Wildman–Crippen MR) is 130 cm³/mol. The van der Waals surface area contributed by atoms with E-state index in [9.17, 15) is 9.59 Å². The summed E-state index contributed by atoms with van der Waals surface area (Å²) in [5.41, 5.74) is -1.12. The van der Waals surface area contributed by atoms with E-state index in [1.807, 2.05) is 6.92 Å². The van der Waals surface area contributed by atoms with E-state index in [0.717, 1.165) is 63.4 Å². The Morgan fingerprint density at radius 3 is 2.23 bits per heavy atom. The average Bonchev–Trinajstić information content (AvgIpc) is 3.50. The molecular weight excluding hydrogens is 448 g/mol. The number of esters is 2. The van der Waals surface area contributed by atoms with Gasteiger partial charge in [0.2, 0.25) is 0 Å². The van der Waals surface area contributed by atoms with Crippen LogP contribution in [0.5, 0.6) is 0 Å². The molecule has 0 amide bonds. The van der Waals surface area contributed by atoms with Crippen molar-refractivity contribution in [3.8, 4) is 0 Å². The van der Waals surface area contributed by atoms with Gasteiger partial charge in [-0.2, -0.15) is 0 Å². The Balaban J connectivity index is 1.74. The monoisotopic (exact) mass is 492 g/mol. The van der Waals surface area contributed by atoms with Crippen LogP contribution in [0.4, 0.5) is 0 Å². The van der Waals surface area contributed by atoms with Crippen molar-refractivity contribution in [2.24, 2.45) is 16.7 Å². The smallest absolute Gasteiger partial charge is 0.330 e. The second-order valence-electron chi connectivity index (χ2n) is 11.2. The van der Waals surface area contributed by atoms with Crippen molar-refractivity contribution in [3.05, 3.63) is 11.6 Å². The summed E-state index contributed by atoms with van der Waals surface area (Å²) in [4.78, 5) is 26.2. The second kappa shape index (κ2) is 10.5. The van der Waals surface area contributed by atoms with Gasteiger partial charge in [-0.15, -0.1) is 0 Å². The summed E-state index contributed by atoms with van der Waals surface area (Å²) in [5, 5.41) is 0. The third-order valence-electron chi connectivity index (χ3n) is 8.71. The SMILES string of the molecule is CCCCOC(=O)C=C1[C@]2(C(OCCCC)OCCCC)O[C@@H]2[C@H]2OC(=O)[C@@]3(C)CCC[C@@]1(C)[C@@H]23. The van der Waals surface area contributed by atoms with Crippen molar-refractivity contribution in [2.45, 2.75) is 117 Å². The van der Waals surface area contributed by atoms with Gasteiger partial charge in [-0.25, -0.2) is 4.79 Å². The van der Waals surface area contributed by atoms with E-state index in [0.29, 0.717) is 19.8 Å². The molecule has 0 unspecified atom stereocenters. The van der Waals surface area contributed by atoms with Gasteiger partial charge in [-0.1, -0.05) is 53.4 Å². The normalized spacial score (nSPS) is 38.3. The third-order valence-corrected chi connectivity index (χ3v) is 8.71. The van der Waals surface area contributed by atoms with Crippen LogP contribution in [-0.2, 0) is 33.3 Å². The number of hydrogen-bond acceptors (Lipinski definition) is 7. The molecule has 0 bridgehead atoms.